The molecule has 0 aliphatic carbocycles. The zero-order valence-corrected chi connectivity index (χ0v) is 16.2. The highest BCUT2D eigenvalue weighted by Gasteiger charge is 2.21. The molecular formula is C22H25ClN2O2. The van der Waals surface area contributed by atoms with Crippen LogP contribution in [-0.4, -0.2) is 32.1 Å². The van der Waals surface area contributed by atoms with Crippen molar-refractivity contribution in [3.05, 3.63) is 58.6 Å². The van der Waals surface area contributed by atoms with E-state index in [0.29, 0.717) is 23.7 Å². The number of anilines is 1. The summed E-state index contributed by atoms with van der Waals surface area (Å²) in [5, 5.41) is 3.55. The molecule has 0 bridgehead atoms. The zero-order valence-electron chi connectivity index (χ0n) is 15.4. The fourth-order valence-electron chi connectivity index (χ4n) is 3.89. The monoisotopic (exact) mass is 384 g/mol. The van der Waals surface area contributed by atoms with Gasteiger partial charge in [-0.25, -0.2) is 0 Å². The topological polar surface area (TPSA) is 41.6 Å². The first-order valence-corrected chi connectivity index (χ1v) is 10.1. The average molecular weight is 385 g/mol. The van der Waals surface area contributed by atoms with Gasteiger partial charge in [0, 0.05) is 31.2 Å². The van der Waals surface area contributed by atoms with Crippen molar-refractivity contribution in [2.75, 3.05) is 31.1 Å². The van der Waals surface area contributed by atoms with Crippen LogP contribution in [-0.2, 0) is 6.42 Å². The summed E-state index contributed by atoms with van der Waals surface area (Å²) in [6.07, 6.45) is 4.60. The second kappa shape index (κ2) is 8.22. The van der Waals surface area contributed by atoms with E-state index in [1.807, 2.05) is 36.4 Å². The molecule has 4 nitrogen and oxygen atoms in total. The van der Waals surface area contributed by atoms with Crippen molar-refractivity contribution in [1.82, 2.24) is 5.32 Å². The van der Waals surface area contributed by atoms with Crippen molar-refractivity contribution >= 4 is 23.2 Å². The van der Waals surface area contributed by atoms with Gasteiger partial charge >= 0.3 is 0 Å². The van der Waals surface area contributed by atoms with Gasteiger partial charge in [-0.05, 0) is 55.5 Å². The lowest BCUT2D eigenvalue weighted by molar-refractivity contribution is 0.0939. The lowest BCUT2D eigenvalue weighted by atomic mass is 9.96. The highest BCUT2D eigenvalue weighted by atomic mass is 35.5. The molecule has 142 valence electrons. The van der Waals surface area contributed by atoms with Crippen LogP contribution in [0.25, 0.3) is 0 Å². The number of fused-ring (bicyclic) bond motifs is 1. The van der Waals surface area contributed by atoms with Gasteiger partial charge in [-0.2, -0.15) is 0 Å². The molecule has 4 rings (SSSR count). The Hall–Kier alpha value is -2.20. The smallest absolute Gasteiger partial charge is 0.252 e. The second-order valence-corrected chi connectivity index (χ2v) is 7.82. The fourth-order valence-corrected chi connectivity index (χ4v) is 4.09. The van der Waals surface area contributed by atoms with Crippen LogP contribution >= 0.6 is 11.6 Å². The molecule has 1 atom stereocenters. The molecule has 27 heavy (non-hydrogen) atoms. The molecule has 2 aliphatic heterocycles. The Morgan fingerprint density at radius 3 is 2.81 bits per heavy atom. The molecule has 1 amide bonds. The predicted octanol–water partition coefficient (Wildman–Crippen LogP) is 4.31. The van der Waals surface area contributed by atoms with Crippen LogP contribution in [0.4, 0.5) is 5.69 Å². The van der Waals surface area contributed by atoms with Crippen molar-refractivity contribution in [3.63, 3.8) is 0 Å². The molecule has 0 saturated carbocycles. The van der Waals surface area contributed by atoms with Crippen LogP contribution in [0, 0.1) is 5.92 Å². The first kappa shape index (κ1) is 18.2. The minimum atomic E-state index is -0.113. The number of rotatable bonds is 4. The van der Waals surface area contributed by atoms with E-state index >= 15 is 0 Å². The van der Waals surface area contributed by atoms with Gasteiger partial charge in [0.2, 0.25) is 0 Å². The van der Waals surface area contributed by atoms with E-state index < -0.39 is 0 Å². The van der Waals surface area contributed by atoms with E-state index in [4.69, 9.17) is 16.3 Å². The molecule has 5 heteroatoms. The number of amides is 1. The molecule has 0 radical (unpaired) electrons. The van der Waals surface area contributed by atoms with E-state index in [0.717, 1.165) is 30.9 Å². The Labute approximate surface area is 165 Å². The average Bonchev–Trinajstić information content (AvgIpc) is 2.73. The lowest BCUT2D eigenvalue weighted by Gasteiger charge is -2.29. The maximum atomic E-state index is 12.7. The summed E-state index contributed by atoms with van der Waals surface area (Å²) in [5.74, 6) is 1.11. The molecule has 0 spiro atoms. The van der Waals surface area contributed by atoms with Gasteiger partial charge in [-0.3, -0.25) is 4.79 Å². The Bertz CT molecular complexity index is 818. The third kappa shape index (κ3) is 4.22. The number of nitrogens with zero attached hydrogens (tertiary/aromatic N) is 1. The Balaban J connectivity index is 1.39. The summed E-state index contributed by atoms with van der Waals surface area (Å²) in [6, 6.07) is 13.9. The van der Waals surface area contributed by atoms with Crippen LogP contribution in [0.1, 0.15) is 35.2 Å². The second-order valence-electron chi connectivity index (χ2n) is 7.41. The van der Waals surface area contributed by atoms with Crippen molar-refractivity contribution in [1.29, 1.82) is 0 Å². The Morgan fingerprint density at radius 1 is 1.15 bits per heavy atom. The molecule has 2 aromatic rings. The summed E-state index contributed by atoms with van der Waals surface area (Å²) in [6.45, 7) is 3.29. The molecule has 0 aromatic heterocycles. The minimum Gasteiger partial charge on any atom is -0.493 e. The van der Waals surface area contributed by atoms with Gasteiger partial charge < -0.3 is 15.0 Å². The number of ether oxygens (including phenoxy) is 1. The van der Waals surface area contributed by atoms with E-state index in [2.05, 4.69) is 16.3 Å². The van der Waals surface area contributed by atoms with Crippen molar-refractivity contribution < 1.29 is 9.53 Å². The summed E-state index contributed by atoms with van der Waals surface area (Å²) >= 11 is 6.31. The fraction of sp³-hybridized carbons (Fsp3) is 0.409. The van der Waals surface area contributed by atoms with Crippen LogP contribution < -0.4 is 15.0 Å². The highest BCUT2D eigenvalue weighted by molar-refractivity contribution is 6.34. The van der Waals surface area contributed by atoms with Crippen molar-refractivity contribution in [2.24, 2.45) is 5.92 Å². The van der Waals surface area contributed by atoms with E-state index in [1.165, 1.54) is 24.8 Å². The molecule has 2 aromatic carbocycles. The van der Waals surface area contributed by atoms with Gasteiger partial charge in [0.05, 0.1) is 17.2 Å². The summed E-state index contributed by atoms with van der Waals surface area (Å²) in [5.41, 5.74) is 2.84. The van der Waals surface area contributed by atoms with Gasteiger partial charge in [-0.1, -0.05) is 29.8 Å². The molecule has 1 saturated heterocycles. The first-order chi connectivity index (χ1) is 13.2. The maximum absolute atomic E-state index is 12.7. The number of para-hydroxylation sites is 1. The van der Waals surface area contributed by atoms with Gasteiger partial charge in [0.1, 0.15) is 5.75 Å². The van der Waals surface area contributed by atoms with Gasteiger partial charge in [-0.15, -0.1) is 0 Å². The lowest BCUT2D eigenvalue weighted by Crippen LogP contribution is -2.35. The summed E-state index contributed by atoms with van der Waals surface area (Å²) in [7, 11) is 0. The first-order valence-electron chi connectivity index (χ1n) is 9.74. The van der Waals surface area contributed by atoms with Crippen molar-refractivity contribution in [3.8, 4) is 5.75 Å². The molecule has 1 N–H and O–H groups in total. The Kier molecular flexibility index (Phi) is 5.53. The van der Waals surface area contributed by atoms with Crippen molar-refractivity contribution in [2.45, 2.75) is 25.7 Å². The number of halogens is 1. The third-order valence-electron chi connectivity index (χ3n) is 5.42. The molecular weight excluding hydrogens is 360 g/mol. The largest absolute Gasteiger partial charge is 0.493 e. The predicted molar refractivity (Wildman–Crippen MR) is 109 cm³/mol. The van der Waals surface area contributed by atoms with Gasteiger partial charge in [0.15, 0.2) is 0 Å². The quantitative estimate of drug-likeness (QED) is 0.853. The third-order valence-corrected chi connectivity index (χ3v) is 5.75. The highest BCUT2D eigenvalue weighted by Crippen LogP contribution is 2.28. The number of carbonyl (C=O) groups excluding carboxylic acids is 1. The number of carbonyl (C=O) groups is 1. The molecule has 2 heterocycles. The Morgan fingerprint density at radius 2 is 1.96 bits per heavy atom. The molecule has 2 aliphatic rings. The number of hydrogen-bond donors (Lipinski definition) is 1. The number of hydrogen-bond acceptors (Lipinski definition) is 3. The SMILES string of the molecule is O=C(NCC1COc2ccccc2C1)c1cc(N2CCCCC2)ccc1Cl. The van der Waals surface area contributed by atoms with Gasteiger partial charge in [0.25, 0.3) is 5.91 Å². The summed E-state index contributed by atoms with van der Waals surface area (Å²) < 4.78 is 5.81. The number of piperidine rings is 1. The maximum Gasteiger partial charge on any atom is 0.252 e. The molecule has 1 fully saturated rings. The van der Waals surface area contributed by atoms with Crippen LogP contribution in [0.5, 0.6) is 5.75 Å². The van der Waals surface area contributed by atoms with Crippen LogP contribution in [0.2, 0.25) is 5.02 Å². The normalized spacial score (nSPS) is 19.1. The van der Waals surface area contributed by atoms with E-state index in [-0.39, 0.29) is 11.8 Å². The number of benzene rings is 2. The standard InChI is InChI=1S/C22H25ClN2O2/c23-20-9-8-18(25-10-4-1-5-11-25)13-19(20)22(26)24-14-16-12-17-6-2-3-7-21(17)27-15-16/h2-3,6-9,13,16H,1,4-5,10-12,14-15H2,(H,24,26). The minimum absolute atomic E-state index is 0.113. The molecule has 1 unspecified atom stereocenters. The van der Waals surface area contributed by atoms with Crippen LogP contribution in [0.15, 0.2) is 42.5 Å². The zero-order chi connectivity index (χ0) is 18.6. The summed E-state index contributed by atoms with van der Waals surface area (Å²) in [4.78, 5) is 15.1. The van der Waals surface area contributed by atoms with E-state index in [1.54, 1.807) is 0 Å². The van der Waals surface area contributed by atoms with E-state index in [9.17, 15) is 4.79 Å². The number of nitrogens with one attached hydrogen (secondary N) is 1. The van der Waals surface area contributed by atoms with Crippen LogP contribution in [0.3, 0.4) is 0 Å².